The first-order valence-corrected chi connectivity index (χ1v) is 13.8. The SMILES string of the molecule is CC(=O)OC[C@@H]1O[C@@H](Oc2ccc(C(=O)Cc3ccc(OC(C)C)cc3)c(O)c2)[C@@H](OC(C)=O)[C@H](OC(C)=O)[C@@H]1OC(C)=O. The van der Waals surface area contributed by atoms with Crippen molar-refractivity contribution in [2.24, 2.45) is 0 Å². The molecule has 1 aliphatic heterocycles. The number of esters is 4. The Hall–Kier alpha value is -4.65. The van der Waals surface area contributed by atoms with Crippen molar-refractivity contribution in [2.45, 2.75) is 84.8 Å². The van der Waals surface area contributed by atoms with Gasteiger partial charge in [0, 0.05) is 40.2 Å². The van der Waals surface area contributed by atoms with Gasteiger partial charge in [-0.2, -0.15) is 0 Å². The standard InChI is InChI=1S/C31H36O13/c1-16(2)39-22-9-7-21(8-10-22)13-25(36)24-12-11-23(14-26(24)37)43-31-30(42-20(6)35)29(41-19(5)34)28(40-18(4)33)27(44-31)15-38-17(3)32/h7-12,14,16,27-31,37H,13,15H2,1-6H3/t27-,28+,29+,30-,31+/m0/s1. The minimum atomic E-state index is -1.50. The number of hydrogen-bond acceptors (Lipinski definition) is 13. The second-order valence-corrected chi connectivity index (χ2v) is 10.3. The number of hydrogen-bond donors (Lipinski definition) is 1. The molecule has 1 N–H and O–H groups in total. The number of Topliss-reactive ketones (excluding diaryl/α,β-unsaturated/α-hetero) is 1. The summed E-state index contributed by atoms with van der Waals surface area (Å²) in [6, 6.07) is 10.9. The van der Waals surface area contributed by atoms with Crippen molar-refractivity contribution in [1.29, 1.82) is 0 Å². The smallest absolute Gasteiger partial charge is 0.303 e. The quantitative estimate of drug-likeness (QED) is 0.210. The fourth-order valence-corrected chi connectivity index (χ4v) is 4.48. The highest BCUT2D eigenvalue weighted by molar-refractivity contribution is 6.00. The van der Waals surface area contributed by atoms with Crippen molar-refractivity contribution in [3.63, 3.8) is 0 Å². The lowest BCUT2D eigenvalue weighted by Crippen LogP contribution is -2.63. The highest BCUT2D eigenvalue weighted by Gasteiger charge is 2.53. The molecule has 0 amide bonds. The summed E-state index contributed by atoms with van der Waals surface area (Å²) in [5, 5.41) is 10.7. The highest BCUT2D eigenvalue weighted by Crippen LogP contribution is 2.33. The van der Waals surface area contributed by atoms with Gasteiger partial charge in [-0.15, -0.1) is 0 Å². The summed E-state index contributed by atoms with van der Waals surface area (Å²) >= 11 is 0. The first-order valence-electron chi connectivity index (χ1n) is 13.8. The molecule has 0 spiro atoms. The molecule has 13 heteroatoms. The van der Waals surface area contributed by atoms with Gasteiger partial charge in [0.05, 0.1) is 11.7 Å². The molecule has 0 aliphatic carbocycles. The number of aromatic hydroxyl groups is 1. The van der Waals surface area contributed by atoms with Gasteiger partial charge in [0.15, 0.2) is 18.0 Å². The molecule has 2 aromatic carbocycles. The monoisotopic (exact) mass is 616 g/mol. The highest BCUT2D eigenvalue weighted by atomic mass is 16.7. The third-order valence-electron chi connectivity index (χ3n) is 6.13. The number of phenolic OH excluding ortho intramolecular Hbond substituents is 1. The predicted molar refractivity (Wildman–Crippen MR) is 151 cm³/mol. The van der Waals surface area contributed by atoms with E-state index in [2.05, 4.69) is 0 Å². The average molecular weight is 617 g/mol. The number of rotatable bonds is 12. The van der Waals surface area contributed by atoms with Crippen molar-refractivity contribution in [3.8, 4) is 17.2 Å². The van der Waals surface area contributed by atoms with Gasteiger partial charge in [-0.05, 0) is 43.7 Å². The Morgan fingerprint density at radius 2 is 1.34 bits per heavy atom. The molecule has 0 unspecified atom stereocenters. The molecular weight excluding hydrogens is 580 g/mol. The van der Waals surface area contributed by atoms with E-state index in [1.165, 1.54) is 18.2 Å². The second kappa shape index (κ2) is 15.2. The Kier molecular flexibility index (Phi) is 11.7. The molecule has 1 saturated heterocycles. The Morgan fingerprint density at radius 1 is 0.773 bits per heavy atom. The molecule has 13 nitrogen and oxygen atoms in total. The molecule has 238 valence electrons. The number of phenols is 1. The molecule has 2 aromatic rings. The fourth-order valence-electron chi connectivity index (χ4n) is 4.48. The number of ketones is 1. The predicted octanol–water partition coefficient (Wildman–Crippen LogP) is 3.07. The van der Waals surface area contributed by atoms with Gasteiger partial charge in [0.2, 0.25) is 12.4 Å². The lowest BCUT2D eigenvalue weighted by atomic mass is 9.98. The topological polar surface area (TPSA) is 170 Å². The number of carbonyl (C=O) groups excluding carboxylic acids is 5. The van der Waals surface area contributed by atoms with E-state index in [4.69, 9.17) is 33.2 Å². The summed E-state index contributed by atoms with van der Waals surface area (Å²) < 4.78 is 38.6. The molecule has 1 heterocycles. The first-order chi connectivity index (χ1) is 20.7. The summed E-state index contributed by atoms with van der Waals surface area (Å²) in [4.78, 5) is 60.4. The van der Waals surface area contributed by atoms with E-state index in [1.54, 1.807) is 24.3 Å². The molecule has 1 aliphatic rings. The van der Waals surface area contributed by atoms with E-state index in [1.807, 2.05) is 13.8 Å². The van der Waals surface area contributed by atoms with Crippen LogP contribution in [-0.4, -0.2) is 78.2 Å². The van der Waals surface area contributed by atoms with Crippen LogP contribution in [-0.2, 0) is 49.3 Å². The zero-order valence-corrected chi connectivity index (χ0v) is 25.3. The summed E-state index contributed by atoms with van der Waals surface area (Å²) in [7, 11) is 0. The van der Waals surface area contributed by atoms with E-state index < -0.39 is 66.9 Å². The second-order valence-electron chi connectivity index (χ2n) is 10.3. The summed E-state index contributed by atoms with van der Waals surface area (Å²) in [5.41, 5.74) is 0.740. The number of ether oxygens (including phenoxy) is 7. The van der Waals surface area contributed by atoms with Crippen molar-refractivity contribution in [2.75, 3.05) is 6.61 Å². The van der Waals surface area contributed by atoms with Gasteiger partial charge < -0.3 is 38.3 Å². The molecule has 0 saturated carbocycles. The molecule has 5 atom stereocenters. The van der Waals surface area contributed by atoms with Crippen LogP contribution in [0, 0.1) is 0 Å². The summed E-state index contributed by atoms with van der Waals surface area (Å²) in [6.45, 7) is 7.85. The van der Waals surface area contributed by atoms with E-state index in [-0.39, 0.29) is 29.6 Å². The molecular formula is C31H36O13. The van der Waals surface area contributed by atoms with E-state index in [9.17, 15) is 29.1 Å². The van der Waals surface area contributed by atoms with Gasteiger partial charge >= 0.3 is 23.9 Å². The molecule has 0 aromatic heterocycles. The van der Waals surface area contributed by atoms with Crippen molar-refractivity contribution in [3.05, 3.63) is 53.6 Å². The lowest BCUT2D eigenvalue weighted by molar-refractivity contribution is -0.288. The van der Waals surface area contributed by atoms with Gasteiger partial charge in [-0.1, -0.05) is 12.1 Å². The van der Waals surface area contributed by atoms with Gasteiger partial charge in [0.25, 0.3) is 0 Å². The maximum absolute atomic E-state index is 13.0. The zero-order chi connectivity index (χ0) is 32.6. The van der Waals surface area contributed by atoms with Crippen LogP contribution in [0.5, 0.6) is 17.2 Å². The third-order valence-corrected chi connectivity index (χ3v) is 6.13. The van der Waals surface area contributed by atoms with Crippen LogP contribution in [0.1, 0.15) is 57.5 Å². The van der Waals surface area contributed by atoms with Crippen LogP contribution in [0.3, 0.4) is 0 Å². The molecule has 0 radical (unpaired) electrons. The molecule has 44 heavy (non-hydrogen) atoms. The van der Waals surface area contributed by atoms with Crippen molar-refractivity contribution < 1.29 is 62.2 Å². The van der Waals surface area contributed by atoms with Crippen LogP contribution in [0.15, 0.2) is 42.5 Å². The van der Waals surface area contributed by atoms with E-state index in [0.717, 1.165) is 27.7 Å². The van der Waals surface area contributed by atoms with Gasteiger partial charge in [-0.25, -0.2) is 0 Å². The third kappa shape index (κ3) is 9.69. The molecule has 1 fully saturated rings. The van der Waals surface area contributed by atoms with Crippen molar-refractivity contribution >= 4 is 29.7 Å². The van der Waals surface area contributed by atoms with E-state index in [0.29, 0.717) is 11.3 Å². The maximum Gasteiger partial charge on any atom is 0.303 e. The van der Waals surface area contributed by atoms with Crippen LogP contribution in [0.2, 0.25) is 0 Å². The molecule has 3 rings (SSSR count). The van der Waals surface area contributed by atoms with Gasteiger partial charge in [0.1, 0.15) is 30.0 Å². The summed E-state index contributed by atoms with van der Waals surface area (Å²) in [5.74, 6) is -3.11. The Labute approximate surface area is 254 Å². The Bertz CT molecular complexity index is 1350. The zero-order valence-electron chi connectivity index (χ0n) is 25.3. The van der Waals surface area contributed by atoms with Crippen LogP contribution in [0.4, 0.5) is 0 Å². The maximum atomic E-state index is 13.0. The Morgan fingerprint density at radius 3 is 1.89 bits per heavy atom. The largest absolute Gasteiger partial charge is 0.507 e. The average Bonchev–Trinajstić information content (AvgIpc) is 2.91. The van der Waals surface area contributed by atoms with Crippen LogP contribution in [0.25, 0.3) is 0 Å². The van der Waals surface area contributed by atoms with E-state index >= 15 is 0 Å². The first kappa shape index (κ1) is 33.8. The lowest BCUT2D eigenvalue weighted by Gasteiger charge is -2.43. The normalized spacial score (nSPS) is 21.1. The summed E-state index contributed by atoms with van der Waals surface area (Å²) in [6.07, 6.45) is -6.92. The minimum Gasteiger partial charge on any atom is -0.507 e. The minimum absolute atomic E-state index is 0.00450. The fraction of sp³-hybridized carbons (Fsp3) is 0.452. The number of carbonyl (C=O) groups is 5. The molecule has 0 bridgehead atoms. The van der Waals surface area contributed by atoms with Crippen LogP contribution >= 0.6 is 0 Å². The van der Waals surface area contributed by atoms with Gasteiger partial charge in [-0.3, -0.25) is 24.0 Å². The van der Waals surface area contributed by atoms with Crippen molar-refractivity contribution in [1.82, 2.24) is 0 Å². The Balaban J connectivity index is 1.86. The van der Waals surface area contributed by atoms with Crippen LogP contribution < -0.4 is 9.47 Å². The number of benzene rings is 2.